The van der Waals surface area contributed by atoms with E-state index in [9.17, 15) is 9.59 Å². The van der Waals surface area contributed by atoms with Crippen LogP contribution in [0.2, 0.25) is 5.02 Å². The lowest BCUT2D eigenvalue weighted by atomic mass is 10.1. The molecule has 0 aliphatic heterocycles. The number of halogens is 1. The van der Waals surface area contributed by atoms with Crippen molar-refractivity contribution in [3.8, 4) is 17.2 Å². The van der Waals surface area contributed by atoms with E-state index >= 15 is 0 Å². The summed E-state index contributed by atoms with van der Waals surface area (Å²) in [6.07, 6.45) is 0.770. The van der Waals surface area contributed by atoms with E-state index < -0.39 is 6.04 Å². The van der Waals surface area contributed by atoms with E-state index in [0.717, 1.165) is 22.4 Å². The fraction of sp³-hybridized carbons (Fsp3) is 0.310. The maximum Gasteiger partial charge on any atom is 0.242 e. The number of nitrogens with one attached hydrogen (secondary N) is 1. The van der Waals surface area contributed by atoms with Crippen molar-refractivity contribution in [2.45, 2.75) is 32.4 Å². The number of hydrogen-bond acceptors (Lipinski definition) is 5. The van der Waals surface area contributed by atoms with Crippen molar-refractivity contribution in [2.24, 2.45) is 0 Å². The van der Waals surface area contributed by atoms with E-state index in [1.54, 1.807) is 45.3 Å². The van der Waals surface area contributed by atoms with Crippen LogP contribution in [0, 0.1) is 0 Å². The standard InChI is InChI=1S/C29H33ClN2O5/c1-20(29(34)31-16-15-22-9-14-26(36-3)27(17-22)37-4)32(19-23-7-12-25(35-2)13-8-23)28(33)18-21-5-10-24(30)11-6-21/h5-14,17,20H,15-16,18-19H2,1-4H3,(H,31,34)/t20-/m1/s1. The van der Waals surface area contributed by atoms with Gasteiger partial charge in [-0.15, -0.1) is 0 Å². The third-order valence-corrected chi connectivity index (χ3v) is 6.36. The van der Waals surface area contributed by atoms with Gasteiger partial charge in [0.25, 0.3) is 0 Å². The minimum atomic E-state index is -0.674. The van der Waals surface area contributed by atoms with Gasteiger partial charge in [-0.2, -0.15) is 0 Å². The highest BCUT2D eigenvalue weighted by Crippen LogP contribution is 2.27. The van der Waals surface area contributed by atoms with Crippen LogP contribution in [-0.2, 0) is 29.0 Å². The largest absolute Gasteiger partial charge is 0.497 e. The van der Waals surface area contributed by atoms with Gasteiger partial charge in [0.15, 0.2) is 11.5 Å². The van der Waals surface area contributed by atoms with Gasteiger partial charge in [0.05, 0.1) is 27.8 Å². The third-order valence-electron chi connectivity index (χ3n) is 6.11. The molecule has 0 aromatic heterocycles. The Morgan fingerprint density at radius 2 is 1.46 bits per heavy atom. The fourth-order valence-corrected chi connectivity index (χ4v) is 4.03. The van der Waals surface area contributed by atoms with Crippen molar-refractivity contribution >= 4 is 23.4 Å². The number of methoxy groups -OCH3 is 3. The number of hydrogen-bond donors (Lipinski definition) is 1. The summed E-state index contributed by atoms with van der Waals surface area (Å²) in [6, 6.07) is 19.6. The Balaban J connectivity index is 1.69. The van der Waals surface area contributed by atoms with Gasteiger partial charge in [-0.05, 0) is 66.4 Å². The summed E-state index contributed by atoms with van der Waals surface area (Å²) in [4.78, 5) is 28.1. The maximum absolute atomic E-state index is 13.4. The Bertz CT molecular complexity index is 1180. The highest BCUT2D eigenvalue weighted by Gasteiger charge is 2.26. The van der Waals surface area contributed by atoms with E-state index in [4.69, 9.17) is 25.8 Å². The Morgan fingerprint density at radius 3 is 2.08 bits per heavy atom. The minimum absolute atomic E-state index is 0.152. The Labute approximate surface area is 223 Å². The molecule has 7 nitrogen and oxygen atoms in total. The van der Waals surface area contributed by atoms with Gasteiger partial charge >= 0.3 is 0 Å². The average molecular weight is 525 g/mol. The second-order valence-corrected chi connectivity index (χ2v) is 9.02. The van der Waals surface area contributed by atoms with E-state index in [2.05, 4.69) is 5.32 Å². The summed E-state index contributed by atoms with van der Waals surface area (Å²) in [5.74, 6) is 1.64. The molecule has 2 amide bonds. The van der Waals surface area contributed by atoms with Crippen molar-refractivity contribution in [2.75, 3.05) is 27.9 Å². The van der Waals surface area contributed by atoms with Crippen molar-refractivity contribution in [3.05, 3.63) is 88.4 Å². The summed E-state index contributed by atoms with van der Waals surface area (Å²) in [5.41, 5.74) is 2.73. The van der Waals surface area contributed by atoms with Crippen LogP contribution < -0.4 is 19.5 Å². The molecule has 196 valence electrons. The summed E-state index contributed by atoms with van der Waals surface area (Å²) in [7, 11) is 4.78. The first-order chi connectivity index (χ1) is 17.8. The zero-order valence-electron chi connectivity index (χ0n) is 21.6. The monoisotopic (exact) mass is 524 g/mol. The van der Waals surface area contributed by atoms with Crippen LogP contribution in [0.3, 0.4) is 0 Å². The molecule has 1 atom stereocenters. The first-order valence-electron chi connectivity index (χ1n) is 12.0. The minimum Gasteiger partial charge on any atom is -0.497 e. The Hall–Kier alpha value is -3.71. The van der Waals surface area contributed by atoms with Crippen molar-refractivity contribution < 1.29 is 23.8 Å². The van der Waals surface area contributed by atoms with Crippen LogP contribution in [0.25, 0.3) is 0 Å². The van der Waals surface area contributed by atoms with Crippen LogP contribution in [0.15, 0.2) is 66.7 Å². The molecule has 0 saturated heterocycles. The second-order valence-electron chi connectivity index (χ2n) is 8.58. The van der Waals surface area contributed by atoms with E-state index in [0.29, 0.717) is 36.0 Å². The summed E-state index contributed by atoms with van der Waals surface area (Å²) >= 11 is 5.99. The molecule has 0 spiro atoms. The van der Waals surface area contributed by atoms with Crippen LogP contribution in [0.1, 0.15) is 23.6 Å². The van der Waals surface area contributed by atoms with Gasteiger partial charge in [0.2, 0.25) is 11.8 Å². The molecule has 37 heavy (non-hydrogen) atoms. The quantitative estimate of drug-likeness (QED) is 0.372. The predicted molar refractivity (Wildman–Crippen MR) is 144 cm³/mol. The molecule has 0 aliphatic rings. The molecule has 3 aromatic carbocycles. The average Bonchev–Trinajstić information content (AvgIpc) is 2.92. The fourth-order valence-electron chi connectivity index (χ4n) is 3.90. The molecule has 0 fully saturated rings. The Kier molecular flexibility index (Phi) is 10.2. The highest BCUT2D eigenvalue weighted by molar-refractivity contribution is 6.30. The number of nitrogens with zero attached hydrogens (tertiary/aromatic N) is 1. The molecule has 3 rings (SSSR count). The van der Waals surface area contributed by atoms with Crippen LogP contribution >= 0.6 is 11.6 Å². The molecule has 0 unspecified atom stereocenters. The third kappa shape index (κ3) is 7.89. The number of carbonyl (C=O) groups is 2. The number of rotatable bonds is 12. The Morgan fingerprint density at radius 1 is 0.838 bits per heavy atom. The van der Waals surface area contributed by atoms with Crippen molar-refractivity contribution in [1.29, 1.82) is 0 Å². The molecule has 3 aromatic rings. The van der Waals surface area contributed by atoms with Gasteiger partial charge in [-0.25, -0.2) is 0 Å². The normalized spacial score (nSPS) is 11.4. The summed E-state index contributed by atoms with van der Waals surface area (Å²) in [6.45, 7) is 2.45. The molecule has 0 radical (unpaired) electrons. The van der Waals surface area contributed by atoms with Crippen LogP contribution in [-0.4, -0.2) is 50.6 Å². The number of benzene rings is 3. The lowest BCUT2D eigenvalue weighted by Gasteiger charge is -2.29. The van der Waals surface area contributed by atoms with E-state index in [1.807, 2.05) is 54.6 Å². The van der Waals surface area contributed by atoms with Gasteiger partial charge in [-0.3, -0.25) is 9.59 Å². The molecule has 1 N–H and O–H groups in total. The summed E-state index contributed by atoms with van der Waals surface area (Å²) in [5, 5.41) is 3.57. The zero-order valence-corrected chi connectivity index (χ0v) is 22.4. The smallest absolute Gasteiger partial charge is 0.242 e. The van der Waals surface area contributed by atoms with Gasteiger partial charge in [0.1, 0.15) is 11.8 Å². The van der Waals surface area contributed by atoms with E-state index in [1.165, 1.54) is 0 Å². The number of ether oxygens (including phenoxy) is 3. The molecular weight excluding hydrogens is 492 g/mol. The number of amides is 2. The van der Waals surface area contributed by atoms with E-state index in [-0.39, 0.29) is 18.2 Å². The molecule has 0 heterocycles. The van der Waals surface area contributed by atoms with Crippen LogP contribution in [0.5, 0.6) is 17.2 Å². The van der Waals surface area contributed by atoms with Gasteiger partial charge in [-0.1, -0.05) is 41.9 Å². The molecule has 8 heteroatoms. The first kappa shape index (κ1) is 27.9. The van der Waals surface area contributed by atoms with Gasteiger partial charge < -0.3 is 24.4 Å². The molecule has 0 bridgehead atoms. The van der Waals surface area contributed by atoms with Crippen LogP contribution in [0.4, 0.5) is 0 Å². The molecule has 0 saturated carbocycles. The van der Waals surface area contributed by atoms with Crippen molar-refractivity contribution in [1.82, 2.24) is 10.2 Å². The topological polar surface area (TPSA) is 77.1 Å². The second kappa shape index (κ2) is 13.6. The lowest BCUT2D eigenvalue weighted by molar-refractivity contribution is -0.140. The van der Waals surface area contributed by atoms with Gasteiger partial charge in [0, 0.05) is 18.1 Å². The lowest BCUT2D eigenvalue weighted by Crippen LogP contribution is -2.48. The summed E-state index contributed by atoms with van der Waals surface area (Å²) < 4.78 is 15.9. The zero-order chi connectivity index (χ0) is 26.8. The number of carbonyl (C=O) groups excluding carboxylic acids is 2. The SMILES string of the molecule is COc1ccc(CN(C(=O)Cc2ccc(Cl)cc2)[C@H](C)C(=O)NCCc2ccc(OC)c(OC)c2)cc1. The predicted octanol–water partition coefficient (Wildman–Crippen LogP) is 4.68. The highest BCUT2D eigenvalue weighted by atomic mass is 35.5. The molecular formula is C29H33ClN2O5. The molecule has 0 aliphatic carbocycles. The maximum atomic E-state index is 13.4. The van der Waals surface area contributed by atoms with Crippen molar-refractivity contribution in [3.63, 3.8) is 0 Å². The first-order valence-corrected chi connectivity index (χ1v) is 12.4.